The van der Waals surface area contributed by atoms with Crippen LogP contribution in [-0.4, -0.2) is 53.7 Å². The Hall–Kier alpha value is -0.560. The molecule has 0 aliphatic rings. The molecule has 0 heterocycles. The fourth-order valence-corrected chi connectivity index (χ4v) is 2.03. The first-order valence-electron chi connectivity index (χ1n) is 5.36. The maximum atomic E-state index is 11.4. The summed E-state index contributed by atoms with van der Waals surface area (Å²) < 4.78 is 0. The van der Waals surface area contributed by atoms with Gasteiger partial charge in [-0.05, 0) is 36.9 Å². The van der Waals surface area contributed by atoms with Crippen LogP contribution < -0.4 is 10.6 Å². The maximum absolute atomic E-state index is 11.4. The van der Waals surface area contributed by atoms with Crippen molar-refractivity contribution in [2.75, 3.05) is 30.6 Å². The molecule has 0 saturated heterocycles. The van der Waals surface area contributed by atoms with E-state index in [2.05, 4.69) is 10.6 Å². The van der Waals surface area contributed by atoms with Gasteiger partial charge in [-0.15, -0.1) is 0 Å². The summed E-state index contributed by atoms with van der Waals surface area (Å²) in [5, 5.41) is 14.0. The average Bonchev–Trinajstić information content (AvgIpc) is 2.29. The highest BCUT2D eigenvalue weighted by Gasteiger charge is 2.18. The van der Waals surface area contributed by atoms with Gasteiger partial charge in [-0.1, -0.05) is 0 Å². The fourth-order valence-electron chi connectivity index (χ4n) is 1.12. The van der Waals surface area contributed by atoms with Crippen LogP contribution in [0.3, 0.4) is 0 Å². The minimum absolute atomic E-state index is 0.403. The standard InChI is InChI=1S/C10H20N2O3S2/c1-16-6-3-5-11-10(15)12-8(9(13)14)4-7-17-2/h8H,3-7H2,1-2H3,(H,13,14)(H2,11,12,15). The first-order valence-corrected chi connectivity index (χ1v) is 8.15. The number of hydrogen-bond donors (Lipinski definition) is 3. The van der Waals surface area contributed by atoms with Gasteiger partial charge in [0.1, 0.15) is 6.04 Å². The van der Waals surface area contributed by atoms with E-state index >= 15 is 0 Å². The predicted octanol–water partition coefficient (Wildman–Crippen LogP) is 1.24. The number of carboxylic acids is 1. The van der Waals surface area contributed by atoms with Crippen LogP contribution in [0, 0.1) is 0 Å². The van der Waals surface area contributed by atoms with Crippen LogP contribution in [0.1, 0.15) is 12.8 Å². The van der Waals surface area contributed by atoms with Gasteiger partial charge in [0.15, 0.2) is 0 Å². The number of urea groups is 1. The third-order valence-corrected chi connectivity index (χ3v) is 3.37. The molecule has 0 aliphatic carbocycles. The Balaban J connectivity index is 3.83. The summed E-state index contributed by atoms with van der Waals surface area (Å²) in [4.78, 5) is 22.2. The smallest absolute Gasteiger partial charge is 0.326 e. The van der Waals surface area contributed by atoms with Crippen LogP contribution in [0.25, 0.3) is 0 Å². The van der Waals surface area contributed by atoms with Crippen molar-refractivity contribution in [2.24, 2.45) is 0 Å². The second kappa shape index (κ2) is 10.6. The van der Waals surface area contributed by atoms with Crippen molar-refractivity contribution in [1.29, 1.82) is 0 Å². The molecule has 2 amide bonds. The number of amides is 2. The summed E-state index contributed by atoms with van der Waals surface area (Å²) in [6.45, 7) is 0.571. The molecule has 1 unspecified atom stereocenters. The number of thioether (sulfide) groups is 2. The van der Waals surface area contributed by atoms with Crippen molar-refractivity contribution in [3.63, 3.8) is 0 Å². The van der Waals surface area contributed by atoms with Crippen LogP contribution in [0.15, 0.2) is 0 Å². The van der Waals surface area contributed by atoms with Crippen molar-refractivity contribution in [3.05, 3.63) is 0 Å². The zero-order valence-corrected chi connectivity index (χ0v) is 11.8. The lowest BCUT2D eigenvalue weighted by molar-refractivity contribution is -0.139. The highest BCUT2D eigenvalue weighted by molar-refractivity contribution is 7.98. The van der Waals surface area contributed by atoms with Crippen LogP contribution in [0.2, 0.25) is 0 Å². The lowest BCUT2D eigenvalue weighted by Gasteiger charge is -2.14. The van der Waals surface area contributed by atoms with E-state index in [0.717, 1.165) is 12.2 Å². The quantitative estimate of drug-likeness (QED) is 0.554. The number of carboxylic acid groups (broad SMARTS) is 1. The Bertz CT molecular complexity index is 240. The van der Waals surface area contributed by atoms with E-state index in [0.29, 0.717) is 18.7 Å². The molecule has 0 aromatic rings. The number of rotatable bonds is 9. The largest absolute Gasteiger partial charge is 0.480 e. The van der Waals surface area contributed by atoms with Gasteiger partial charge < -0.3 is 15.7 Å². The van der Waals surface area contributed by atoms with Crippen molar-refractivity contribution in [1.82, 2.24) is 10.6 Å². The van der Waals surface area contributed by atoms with E-state index in [1.807, 2.05) is 12.5 Å². The summed E-state index contributed by atoms with van der Waals surface area (Å²) in [5.74, 6) is 0.706. The summed E-state index contributed by atoms with van der Waals surface area (Å²) in [6.07, 6.45) is 5.23. The Morgan fingerprint density at radius 1 is 1.24 bits per heavy atom. The SMILES string of the molecule is CSCCCNC(=O)NC(CCSC)C(=O)O. The van der Waals surface area contributed by atoms with E-state index in [1.54, 1.807) is 23.5 Å². The molecule has 0 saturated carbocycles. The van der Waals surface area contributed by atoms with Crippen molar-refractivity contribution < 1.29 is 14.7 Å². The molecule has 0 aromatic heterocycles. The lowest BCUT2D eigenvalue weighted by Crippen LogP contribution is -2.46. The molecule has 0 spiro atoms. The summed E-state index contributed by atoms with van der Waals surface area (Å²) in [5.41, 5.74) is 0. The van der Waals surface area contributed by atoms with E-state index in [1.165, 1.54) is 0 Å². The number of nitrogens with one attached hydrogen (secondary N) is 2. The van der Waals surface area contributed by atoms with Crippen LogP contribution in [0.5, 0.6) is 0 Å². The van der Waals surface area contributed by atoms with E-state index in [-0.39, 0.29) is 0 Å². The first-order chi connectivity index (χ1) is 8.11. The third kappa shape index (κ3) is 9.17. The molecule has 0 rings (SSSR count). The molecule has 5 nitrogen and oxygen atoms in total. The highest BCUT2D eigenvalue weighted by atomic mass is 32.2. The van der Waals surface area contributed by atoms with E-state index in [4.69, 9.17) is 5.11 Å². The average molecular weight is 280 g/mol. The molecule has 0 radical (unpaired) electrons. The van der Waals surface area contributed by atoms with Gasteiger partial charge in [0, 0.05) is 6.54 Å². The van der Waals surface area contributed by atoms with Gasteiger partial charge in [-0.2, -0.15) is 23.5 Å². The van der Waals surface area contributed by atoms with Gasteiger partial charge >= 0.3 is 12.0 Å². The van der Waals surface area contributed by atoms with Gasteiger partial charge in [-0.25, -0.2) is 9.59 Å². The van der Waals surface area contributed by atoms with E-state index in [9.17, 15) is 9.59 Å². The summed E-state index contributed by atoms with van der Waals surface area (Å²) >= 11 is 3.28. The molecule has 17 heavy (non-hydrogen) atoms. The molecule has 0 bridgehead atoms. The zero-order chi connectivity index (χ0) is 13.1. The molecule has 100 valence electrons. The molecule has 7 heteroatoms. The lowest BCUT2D eigenvalue weighted by atomic mass is 10.2. The van der Waals surface area contributed by atoms with Crippen molar-refractivity contribution >= 4 is 35.5 Å². The Morgan fingerprint density at radius 2 is 1.88 bits per heavy atom. The minimum Gasteiger partial charge on any atom is -0.480 e. The maximum Gasteiger partial charge on any atom is 0.326 e. The first kappa shape index (κ1) is 16.4. The molecule has 3 N–H and O–H groups in total. The van der Waals surface area contributed by atoms with Gasteiger partial charge in [-0.3, -0.25) is 0 Å². The molecular weight excluding hydrogens is 260 g/mol. The Kier molecular flexibility index (Phi) is 10.2. The van der Waals surface area contributed by atoms with Crippen LogP contribution in [-0.2, 0) is 4.79 Å². The predicted molar refractivity (Wildman–Crippen MR) is 74.0 cm³/mol. The zero-order valence-electron chi connectivity index (χ0n) is 10.2. The molecule has 1 atom stereocenters. The second-order valence-electron chi connectivity index (χ2n) is 3.42. The molecule has 0 fully saturated rings. The summed E-state index contributed by atoms with van der Waals surface area (Å²) in [6, 6.07) is -1.21. The number of carbonyl (C=O) groups excluding carboxylic acids is 1. The number of carbonyl (C=O) groups is 2. The topological polar surface area (TPSA) is 78.4 Å². The van der Waals surface area contributed by atoms with Gasteiger partial charge in [0.25, 0.3) is 0 Å². The van der Waals surface area contributed by atoms with Gasteiger partial charge in [0.2, 0.25) is 0 Å². The normalized spacial score (nSPS) is 11.9. The molecular formula is C10H20N2O3S2. The number of hydrogen-bond acceptors (Lipinski definition) is 4. The minimum atomic E-state index is -0.988. The van der Waals surface area contributed by atoms with E-state index < -0.39 is 18.0 Å². The van der Waals surface area contributed by atoms with Crippen molar-refractivity contribution in [3.8, 4) is 0 Å². The summed E-state index contributed by atoms with van der Waals surface area (Å²) in [7, 11) is 0. The molecule has 0 aliphatic heterocycles. The van der Waals surface area contributed by atoms with Gasteiger partial charge in [0.05, 0.1) is 0 Å². The van der Waals surface area contributed by atoms with Crippen LogP contribution >= 0.6 is 23.5 Å². The van der Waals surface area contributed by atoms with Crippen LogP contribution in [0.4, 0.5) is 4.79 Å². The third-order valence-electron chi connectivity index (χ3n) is 2.02. The fraction of sp³-hybridized carbons (Fsp3) is 0.800. The molecule has 0 aromatic carbocycles. The Labute approximate surface area is 110 Å². The highest BCUT2D eigenvalue weighted by Crippen LogP contribution is 2.01. The second-order valence-corrected chi connectivity index (χ2v) is 5.39. The van der Waals surface area contributed by atoms with Crippen molar-refractivity contribution in [2.45, 2.75) is 18.9 Å². The number of aliphatic carboxylic acids is 1. The Morgan fingerprint density at radius 3 is 2.41 bits per heavy atom. The monoisotopic (exact) mass is 280 g/mol.